The third kappa shape index (κ3) is 6.24. The van der Waals surface area contributed by atoms with Crippen LogP contribution < -0.4 is 5.32 Å². The van der Waals surface area contributed by atoms with Crippen molar-refractivity contribution in [2.75, 3.05) is 0 Å². The first-order valence-corrected chi connectivity index (χ1v) is 8.69. The molecule has 2 N–H and O–H groups in total. The summed E-state index contributed by atoms with van der Waals surface area (Å²) in [6.07, 6.45) is 0.781. The van der Waals surface area contributed by atoms with E-state index in [0.717, 1.165) is 11.1 Å². The zero-order valence-electron chi connectivity index (χ0n) is 13.1. The molecule has 0 radical (unpaired) electrons. The minimum atomic E-state index is -1.09. The third-order valence-electron chi connectivity index (χ3n) is 3.61. The molecule has 0 heterocycles. The Kier molecular flexibility index (Phi) is 7.12. The Balaban J connectivity index is 1.92. The summed E-state index contributed by atoms with van der Waals surface area (Å²) in [5, 5.41) is 13.3. The zero-order chi connectivity index (χ0) is 18.4. The Morgan fingerprint density at radius 1 is 0.960 bits per heavy atom. The summed E-state index contributed by atoms with van der Waals surface area (Å²) in [6.45, 7) is 0. The molecule has 1 atom stereocenters. The number of carboxylic acids is 1. The van der Waals surface area contributed by atoms with Crippen molar-refractivity contribution < 1.29 is 14.7 Å². The van der Waals surface area contributed by atoms with Crippen molar-refractivity contribution in [3.8, 4) is 0 Å². The number of amides is 1. The molecule has 0 aliphatic carbocycles. The lowest BCUT2D eigenvalue weighted by Gasteiger charge is -2.15. The predicted molar refractivity (Wildman–Crippen MR) is 99.5 cm³/mol. The van der Waals surface area contributed by atoms with Crippen molar-refractivity contribution in [3.63, 3.8) is 0 Å². The Labute approximate surface area is 160 Å². The average molecular weight is 401 g/mol. The molecule has 0 unspecified atom stereocenters. The molecule has 0 aliphatic rings. The second kappa shape index (κ2) is 9.09. The quantitative estimate of drug-likeness (QED) is 0.724. The van der Waals surface area contributed by atoms with Crippen LogP contribution in [0.5, 0.6) is 0 Å². The SMILES string of the molecule is O=C(CCc1ccc(Cl)c(Cl)c1)N[C@@H](Cc1ccc(Cl)cc1)C(=O)O. The lowest BCUT2D eigenvalue weighted by atomic mass is 10.1. The maximum atomic E-state index is 12.1. The van der Waals surface area contributed by atoms with Gasteiger partial charge in [-0.15, -0.1) is 0 Å². The molecule has 0 aliphatic heterocycles. The number of halogens is 3. The van der Waals surface area contributed by atoms with Gasteiger partial charge in [-0.05, 0) is 41.8 Å². The first-order valence-electron chi connectivity index (χ1n) is 7.55. The Bertz CT molecular complexity index is 763. The summed E-state index contributed by atoms with van der Waals surface area (Å²) >= 11 is 17.6. The monoisotopic (exact) mass is 399 g/mol. The number of carbonyl (C=O) groups excluding carboxylic acids is 1. The second-order valence-corrected chi connectivity index (χ2v) is 6.79. The van der Waals surface area contributed by atoms with Gasteiger partial charge in [0.05, 0.1) is 10.0 Å². The van der Waals surface area contributed by atoms with Gasteiger partial charge in [-0.2, -0.15) is 0 Å². The van der Waals surface area contributed by atoms with E-state index in [-0.39, 0.29) is 18.7 Å². The van der Waals surface area contributed by atoms with Crippen LogP contribution in [0, 0.1) is 0 Å². The van der Waals surface area contributed by atoms with Gasteiger partial charge < -0.3 is 10.4 Å². The summed E-state index contributed by atoms with van der Waals surface area (Å²) in [6, 6.07) is 11.0. The van der Waals surface area contributed by atoms with Crippen LogP contribution in [-0.2, 0) is 22.4 Å². The third-order valence-corrected chi connectivity index (χ3v) is 4.60. The van der Waals surface area contributed by atoms with E-state index in [1.807, 2.05) is 0 Å². The highest BCUT2D eigenvalue weighted by molar-refractivity contribution is 6.42. The molecule has 0 saturated carbocycles. The van der Waals surface area contributed by atoms with Gasteiger partial charge in [-0.25, -0.2) is 4.79 Å². The summed E-state index contributed by atoms with van der Waals surface area (Å²) in [5.41, 5.74) is 1.63. The summed E-state index contributed by atoms with van der Waals surface area (Å²) in [5.74, 6) is -1.43. The first kappa shape index (κ1) is 19.6. The molecule has 2 aromatic rings. The number of benzene rings is 2. The number of carboxylic acid groups (broad SMARTS) is 1. The van der Waals surface area contributed by atoms with E-state index in [1.165, 1.54) is 0 Å². The summed E-state index contributed by atoms with van der Waals surface area (Å²) in [4.78, 5) is 23.5. The molecule has 1 amide bonds. The van der Waals surface area contributed by atoms with Gasteiger partial charge >= 0.3 is 5.97 Å². The molecule has 0 fully saturated rings. The van der Waals surface area contributed by atoms with Gasteiger partial charge in [0, 0.05) is 17.9 Å². The molecule has 2 aromatic carbocycles. The smallest absolute Gasteiger partial charge is 0.326 e. The zero-order valence-corrected chi connectivity index (χ0v) is 15.4. The number of aliphatic carboxylic acids is 1. The highest BCUT2D eigenvalue weighted by atomic mass is 35.5. The number of aryl methyl sites for hydroxylation is 1. The van der Waals surface area contributed by atoms with Gasteiger partial charge in [0.1, 0.15) is 6.04 Å². The maximum absolute atomic E-state index is 12.1. The van der Waals surface area contributed by atoms with E-state index in [4.69, 9.17) is 34.8 Å². The average Bonchev–Trinajstić information content (AvgIpc) is 2.57. The van der Waals surface area contributed by atoms with Crippen LogP contribution in [0.1, 0.15) is 17.5 Å². The van der Waals surface area contributed by atoms with Crippen LogP contribution in [0.25, 0.3) is 0 Å². The molecule has 25 heavy (non-hydrogen) atoms. The van der Waals surface area contributed by atoms with Crippen molar-refractivity contribution in [1.82, 2.24) is 5.32 Å². The van der Waals surface area contributed by atoms with Crippen molar-refractivity contribution in [2.45, 2.75) is 25.3 Å². The number of rotatable bonds is 7. The molecule has 2 rings (SSSR count). The number of hydrogen-bond acceptors (Lipinski definition) is 2. The second-order valence-electron chi connectivity index (χ2n) is 5.54. The first-order chi connectivity index (χ1) is 11.8. The molecule has 7 heteroatoms. The fourth-order valence-electron chi connectivity index (χ4n) is 2.28. The van der Waals surface area contributed by atoms with E-state index >= 15 is 0 Å². The Hall–Kier alpha value is -1.75. The normalized spacial score (nSPS) is 11.8. The van der Waals surface area contributed by atoms with Gasteiger partial charge in [-0.1, -0.05) is 53.0 Å². The molecule has 0 spiro atoms. The number of nitrogens with one attached hydrogen (secondary N) is 1. The van der Waals surface area contributed by atoms with E-state index in [9.17, 15) is 14.7 Å². The number of hydrogen-bond donors (Lipinski definition) is 2. The standard InChI is InChI=1S/C18H16Cl3NO3/c19-13-5-1-12(2-6-13)10-16(18(24)25)22-17(23)8-4-11-3-7-14(20)15(21)9-11/h1-3,5-7,9,16H,4,8,10H2,(H,22,23)(H,24,25)/t16-/m0/s1. The minimum absolute atomic E-state index is 0.155. The Morgan fingerprint density at radius 2 is 1.60 bits per heavy atom. The van der Waals surface area contributed by atoms with Crippen LogP contribution in [0.3, 0.4) is 0 Å². The molecular weight excluding hydrogens is 385 g/mol. The van der Waals surface area contributed by atoms with Gasteiger partial charge in [0.25, 0.3) is 0 Å². The van der Waals surface area contributed by atoms with E-state index < -0.39 is 12.0 Å². The molecule has 0 saturated heterocycles. The lowest BCUT2D eigenvalue weighted by Crippen LogP contribution is -2.42. The van der Waals surface area contributed by atoms with Crippen LogP contribution >= 0.6 is 34.8 Å². The topological polar surface area (TPSA) is 66.4 Å². The fourth-order valence-corrected chi connectivity index (χ4v) is 2.72. The largest absolute Gasteiger partial charge is 0.480 e. The van der Waals surface area contributed by atoms with Crippen molar-refractivity contribution in [2.24, 2.45) is 0 Å². The van der Waals surface area contributed by atoms with Crippen molar-refractivity contribution in [1.29, 1.82) is 0 Å². The van der Waals surface area contributed by atoms with Gasteiger partial charge in [-0.3, -0.25) is 4.79 Å². The predicted octanol–water partition coefficient (Wildman–Crippen LogP) is 4.39. The van der Waals surface area contributed by atoms with Crippen LogP contribution in [0.15, 0.2) is 42.5 Å². The maximum Gasteiger partial charge on any atom is 0.326 e. The fraction of sp³-hybridized carbons (Fsp3) is 0.222. The molecule has 4 nitrogen and oxygen atoms in total. The van der Waals surface area contributed by atoms with Gasteiger partial charge in [0.2, 0.25) is 5.91 Å². The minimum Gasteiger partial charge on any atom is -0.480 e. The van der Waals surface area contributed by atoms with Crippen LogP contribution in [0.2, 0.25) is 15.1 Å². The molecule has 0 bridgehead atoms. The molecule has 0 aromatic heterocycles. The summed E-state index contributed by atoms with van der Waals surface area (Å²) in [7, 11) is 0. The van der Waals surface area contributed by atoms with E-state index in [2.05, 4.69) is 5.32 Å². The van der Waals surface area contributed by atoms with Crippen molar-refractivity contribution >= 4 is 46.7 Å². The highest BCUT2D eigenvalue weighted by Crippen LogP contribution is 2.23. The lowest BCUT2D eigenvalue weighted by molar-refractivity contribution is -0.141. The van der Waals surface area contributed by atoms with E-state index in [1.54, 1.807) is 42.5 Å². The van der Waals surface area contributed by atoms with Crippen LogP contribution in [-0.4, -0.2) is 23.0 Å². The molecular formula is C18H16Cl3NO3. The van der Waals surface area contributed by atoms with Crippen molar-refractivity contribution in [3.05, 3.63) is 68.7 Å². The van der Waals surface area contributed by atoms with Gasteiger partial charge in [0.15, 0.2) is 0 Å². The molecule has 132 valence electrons. The Morgan fingerprint density at radius 3 is 2.20 bits per heavy atom. The summed E-state index contributed by atoms with van der Waals surface area (Å²) < 4.78 is 0. The highest BCUT2D eigenvalue weighted by Gasteiger charge is 2.20. The number of carbonyl (C=O) groups is 2. The van der Waals surface area contributed by atoms with Crippen LogP contribution in [0.4, 0.5) is 0 Å². The van der Waals surface area contributed by atoms with E-state index in [0.29, 0.717) is 21.5 Å².